The zero-order chi connectivity index (χ0) is 21.4. The first-order valence-electron chi connectivity index (χ1n) is 10.5. The minimum atomic E-state index is -4.77. The summed E-state index contributed by atoms with van der Waals surface area (Å²) in [5.74, 6) is 0.509. The number of hydrogen-bond donors (Lipinski definition) is 2. The maximum atomic E-state index is 13.7. The summed E-state index contributed by atoms with van der Waals surface area (Å²) in [7, 11) is -4.28. The Hall–Kier alpha value is -1.36. The first kappa shape index (κ1) is 21.9. The van der Waals surface area contributed by atoms with Gasteiger partial charge in [0, 0.05) is 38.0 Å². The molecule has 0 radical (unpaired) electrons. The SMILES string of the molecule is O=S(=O)(NCC1CCOCC1)c1ccc(NC2CN3CCC2CC3)cc1C(F)(F)F. The number of sulfonamides is 1. The van der Waals surface area contributed by atoms with E-state index in [4.69, 9.17) is 4.74 Å². The van der Waals surface area contributed by atoms with E-state index in [0.717, 1.165) is 44.6 Å². The highest BCUT2D eigenvalue weighted by atomic mass is 32.2. The first-order chi connectivity index (χ1) is 14.2. The van der Waals surface area contributed by atoms with Crippen molar-refractivity contribution in [2.75, 3.05) is 44.7 Å². The predicted octanol–water partition coefficient (Wildman–Crippen LogP) is 2.92. The van der Waals surface area contributed by atoms with Crippen LogP contribution in [0, 0.1) is 11.8 Å². The van der Waals surface area contributed by atoms with Crippen LogP contribution in [0.5, 0.6) is 0 Å². The molecule has 2 bridgehead atoms. The fraction of sp³-hybridized carbons (Fsp3) is 0.700. The third-order valence-corrected chi connectivity index (χ3v) is 7.97. The summed E-state index contributed by atoms with van der Waals surface area (Å²) in [5, 5.41) is 3.22. The van der Waals surface area contributed by atoms with Gasteiger partial charge in [0.05, 0.1) is 10.5 Å². The van der Waals surface area contributed by atoms with Gasteiger partial charge in [-0.15, -0.1) is 0 Å². The third-order valence-electron chi connectivity index (χ3n) is 6.49. The molecule has 4 heterocycles. The number of piperidine rings is 3. The van der Waals surface area contributed by atoms with Crippen molar-refractivity contribution >= 4 is 15.7 Å². The number of nitrogens with one attached hydrogen (secondary N) is 2. The van der Waals surface area contributed by atoms with Gasteiger partial charge >= 0.3 is 6.18 Å². The van der Waals surface area contributed by atoms with Crippen LogP contribution >= 0.6 is 0 Å². The van der Waals surface area contributed by atoms with Crippen LogP contribution in [0.3, 0.4) is 0 Å². The van der Waals surface area contributed by atoms with Crippen LogP contribution in [-0.4, -0.2) is 58.8 Å². The van der Waals surface area contributed by atoms with Crippen LogP contribution in [0.1, 0.15) is 31.2 Å². The fourth-order valence-electron chi connectivity index (χ4n) is 4.67. The summed E-state index contributed by atoms with van der Waals surface area (Å²) in [6.07, 6.45) is -1.32. The Morgan fingerprint density at radius 1 is 1.10 bits per heavy atom. The molecule has 0 spiro atoms. The second-order valence-electron chi connectivity index (χ2n) is 8.51. The zero-order valence-corrected chi connectivity index (χ0v) is 17.6. The molecule has 4 aliphatic heterocycles. The summed E-state index contributed by atoms with van der Waals surface area (Å²) in [6.45, 7) is 4.07. The van der Waals surface area contributed by atoms with E-state index in [-0.39, 0.29) is 18.5 Å². The van der Waals surface area contributed by atoms with E-state index < -0.39 is 26.7 Å². The Labute approximate surface area is 175 Å². The standard InChI is InChI=1S/C20H28F3N3O3S/c21-20(22,23)17-11-16(25-18-13-26-7-3-15(18)4-8-26)1-2-19(17)30(27,28)24-12-14-5-9-29-10-6-14/h1-2,11,14-15,18,24-25H,3-10,12-13H2. The summed E-state index contributed by atoms with van der Waals surface area (Å²) in [5.41, 5.74) is -0.822. The number of rotatable bonds is 6. The fourth-order valence-corrected chi connectivity index (χ4v) is 6.00. The van der Waals surface area contributed by atoms with Crippen molar-refractivity contribution < 1.29 is 26.3 Å². The normalized spacial score (nSPS) is 27.9. The molecule has 1 unspecified atom stereocenters. The lowest BCUT2D eigenvalue weighted by atomic mass is 9.84. The number of nitrogens with zero attached hydrogens (tertiary/aromatic N) is 1. The summed E-state index contributed by atoms with van der Waals surface area (Å²) in [4.78, 5) is 1.59. The molecule has 5 rings (SSSR count). The molecule has 1 aromatic carbocycles. The van der Waals surface area contributed by atoms with Crippen molar-refractivity contribution in [3.63, 3.8) is 0 Å². The lowest BCUT2D eigenvalue weighted by Gasteiger charge is -2.45. The Kier molecular flexibility index (Phi) is 6.30. The third kappa shape index (κ3) is 4.92. The monoisotopic (exact) mass is 447 g/mol. The van der Waals surface area contributed by atoms with E-state index in [9.17, 15) is 21.6 Å². The smallest absolute Gasteiger partial charge is 0.381 e. The largest absolute Gasteiger partial charge is 0.417 e. The highest BCUT2D eigenvalue weighted by Crippen LogP contribution is 2.37. The molecule has 2 N–H and O–H groups in total. The van der Waals surface area contributed by atoms with Gasteiger partial charge in [-0.1, -0.05) is 0 Å². The van der Waals surface area contributed by atoms with E-state index in [2.05, 4.69) is 14.9 Å². The Morgan fingerprint density at radius 3 is 2.40 bits per heavy atom. The van der Waals surface area contributed by atoms with E-state index in [0.29, 0.717) is 37.7 Å². The van der Waals surface area contributed by atoms with E-state index in [1.54, 1.807) is 0 Å². The molecule has 30 heavy (non-hydrogen) atoms. The number of benzene rings is 1. The van der Waals surface area contributed by atoms with E-state index in [1.165, 1.54) is 6.07 Å². The van der Waals surface area contributed by atoms with Crippen molar-refractivity contribution in [3.8, 4) is 0 Å². The molecule has 4 saturated heterocycles. The molecule has 1 aromatic rings. The minimum absolute atomic E-state index is 0.0699. The van der Waals surface area contributed by atoms with Crippen molar-refractivity contribution in [2.24, 2.45) is 11.8 Å². The molecule has 168 valence electrons. The van der Waals surface area contributed by atoms with Crippen LogP contribution in [-0.2, 0) is 20.9 Å². The van der Waals surface area contributed by atoms with Crippen molar-refractivity contribution in [1.29, 1.82) is 0 Å². The lowest BCUT2D eigenvalue weighted by Crippen LogP contribution is -2.53. The Bertz CT molecular complexity index is 849. The van der Waals surface area contributed by atoms with Crippen molar-refractivity contribution in [1.82, 2.24) is 9.62 Å². The van der Waals surface area contributed by atoms with Crippen LogP contribution in [0.15, 0.2) is 23.1 Å². The van der Waals surface area contributed by atoms with E-state index in [1.807, 2.05) is 0 Å². The van der Waals surface area contributed by atoms with Gasteiger partial charge in [-0.3, -0.25) is 0 Å². The minimum Gasteiger partial charge on any atom is -0.381 e. The number of fused-ring (bicyclic) bond motifs is 3. The second kappa shape index (κ2) is 8.64. The molecule has 1 atom stereocenters. The Morgan fingerprint density at radius 2 is 1.80 bits per heavy atom. The summed E-state index contributed by atoms with van der Waals surface area (Å²) in [6, 6.07) is 3.53. The van der Waals surface area contributed by atoms with Gasteiger partial charge in [0.1, 0.15) is 0 Å². The highest BCUT2D eigenvalue weighted by Gasteiger charge is 2.39. The van der Waals surface area contributed by atoms with Gasteiger partial charge in [0.25, 0.3) is 0 Å². The number of ether oxygens (including phenoxy) is 1. The van der Waals surface area contributed by atoms with Crippen LogP contribution in [0.4, 0.5) is 18.9 Å². The van der Waals surface area contributed by atoms with Gasteiger partial charge in [0.2, 0.25) is 10.0 Å². The molecule has 4 aliphatic rings. The Balaban J connectivity index is 1.52. The second-order valence-corrected chi connectivity index (χ2v) is 10.2. The van der Waals surface area contributed by atoms with Gasteiger partial charge in [-0.25, -0.2) is 13.1 Å². The first-order valence-corrected chi connectivity index (χ1v) is 12.0. The summed E-state index contributed by atoms with van der Waals surface area (Å²) < 4.78 is 74.2. The van der Waals surface area contributed by atoms with Gasteiger partial charge in [-0.2, -0.15) is 13.2 Å². The molecule has 0 aliphatic carbocycles. The van der Waals surface area contributed by atoms with Gasteiger partial charge in [0.15, 0.2) is 0 Å². The number of halogens is 3. The number of hydrogen-bond acceptors (Lipinski definition) is 5. The number of alkyl halides is 3. The molecule has 0 amide bonds. The molecular formula is C20H28F3N3O3S. The quantitative estimate of drug-likeness (QED) is 0.702. The lowest BCUT2D eigenvalue weighted by molar-refractivity contribution is -0.139. The average molecular weight is 448 g/mol. The number of anilines is 1. The van der Waals surface area contributed by atoms with Crippen LogP contribution < -0.4 is 10.0 Å². The van der Waals surface area contributed by atoms with Gasteiger partial charge < -0.3 is 15.0 Å². The molecule has 10 heteroatoms. The summed E-state index contributed by atoms with van der Waals surface area (Å²) >= 11 is 0. The molecule has 0 aromatic heterocycles. The average Bonchev–Trinajstić information content (AvgIpc) is 2.73. The molecular weight excluding hydrogens is 419 g/mol. The van der Waals surface area contributed by atoms with Crippen LogP contribution in [0.25, 0.3) is 0 Å². The predicted molar refractivity (Wildman–Crippen MR) is 107 cm³/mol. The zero-order valence-electron chi connectivity index (χ0n) is 16.7. The maximum absolute atomic E-state index is 13.7. The van der Waals surface area contributed by atoms with Crippen molar-refractivity contribution in [3.05, 3.63) is 23.8 Å². The van der Waals surface area contributed by atoms with Gasteiger partial charge in [-0.05, 0) is 68.8 Å². The molecule has 4 fully saturated rings. The highest BCUT2D eigenvalue weighted by molar-refractivity contribution is 7.89. The maximum Gasteiger partial charge on any atom is 0.417 e. The topological polar surface area (TPSA) is 70.7 Å². The molecule has 0 saturated carbocycles. The van der Waals surface area contributed by atoms with E-state index >= 15 is 0 Å². The van der Waals surface area contributed by atoms with Crippen molar-refractivity contribution in [2.45, 2.75) is 42.8 Å². The molecule has 6 nitrogen and oxygen atoms in total. The van der Waals surface area contributed by atoms with Crippen LogP contribution in [0.2, 0.25) is 0 Å².